The van der Waals surface area contributed by atoms with Crippen LogP contribution in [-0.2, 0) is 9.59 Å². The van der Waals surface area contributed by atoms with Gasteiger partial charge in [0.2, 0.25) is 11.8 Å². The van der Waals surface area contributed by atoms with Gasteiger partial charge in [0.1, 0.15) is 0 Å². The van der Waals surface area contributed by atoms with Crippen LogP contribution in [0, 0.1) is 0 Å². The predicted molar refractivity (Wildman–Crippen MR) is 92.7 cm³/mol. The second-order valence-corrected chi connectivity index (χ2v) is 6.61. The molecule has 1 aromatic carbocycles. The van der Waals surface area contributed by atoms with Crippen LogP contribution in [0.4, 0.5) is 10.5 Å². The first-order chi connectivity index (χ1) is 10.5. The number of benzene rings is 1. The standard InChI is InChI=1S/C13H12BrN3O3S2/c14-8-1-3-9(4-2-8)15-12(21)16-10(18)5-6-17-11(19)7-22-13(17)20/h1-4H,5-7H2,(H2,15,16,18,21). The van der Waals surface area contributed by atoms with Crippen molar-refractivity contribution in [3.8, 4) is 0 Å². The van der Waals surface area contributed by atoms with Gasteiger partial charge in [0.05, 0.1) is 5.75 Å². The van der Waals surface area contributed by atoms with E-state index < -0.39 is 0 Å². The number of thioether (sulfide) groups is 1. The van der Waals surface area contributed by atoms with E-state index in [9.17, 15) is 14.4 Å². The summed E-state index contributed by atoms with van der Waals surface area (Å²) in [6, 6.07) is 7.30. The van der Waals surface area contributed by atoms with Crippen molar-refractivity contribution >= 4 is 67.8 Å². The lowest BCUT2D eigenvalue weighted by Gasteiger charge is -2.13. The van der Waals surface area contributed by atoms with Gasteiger partial charge in [-0.1, -0.05) is 27.7 Å². The monoisotopic (exact) mass is 401 g/mol. The Bertz CT molecular complexity index is 605. The maximum atomic E-state index is 11.8. The average molecular weight is 402 g/mol. The van der Waals surface area contributed by atoms with Gasteiger partial charge in [-0.15, -0.1) is 0 Å². The smallest absolute Gasteiger partial charge is 0.288 e. The van der Waals surface area contributed by atoms with Gasteiger partial charge in [0.25, 0.3) is 5.24 Å². The second-order valence-electron chi connectivity index (χ2n) is 4.36. The molecule has 1 fully saturated rings. The van der Waals surface area contributed by atoms with Gasteiger partial charge in [-0.05, 0) is 36.5 Å². The molecule has 0 aliphatic carbocycles. The summed E-state index contributed by atoms with van der Waals surface area (Å²) in [6.07, 6.45) is 0.0141. The van der Waals surface area contributed by atoms with Crippen LogP contribution in [0.25, 0.3) is 0 Å². The van der Waals surface area contributed by atoms with Crippen molar-refractivity contribution < 1.29 is 14.4 Å². The Morgan fingerprint density at radius 3 is 2.59 bits per heavy atom. The van der Waals surface area contributed by atoms with Crippen LogP contribution in [0.2, 0.25) is 0 Å². The first-order valence-electron chi connectivity index (χ1n) is 6.29. The summed E-state index contributed by atoms with van der Waals surface area (Å²) in [5.41, 5.74) is 0.745. The Morgan fingerprint density at radius 1 is 1.32 bits per heavy atom. The Morgan fingerprint density at radius 2 is 2.00 bits per heavy atom. The number of amides is 3. The number of thiocarbonyl (C=S) groups is 1. The molecule has 3 amide bonds. The summed E-state index contributed by atoms with van der Waals surface area (Å²) in [5, 5.41) is 5.24. The van der Waals surface area contributed by atoms with Crippen molar-refractivity contribution in [2.24, 2.45) is 0 Å². The maximum Gasteiger partial charge on any atom is 0.288 e. The molecule has 1 aromatic rings. The molecule has 2 N–H and O–H groups in total. The third-order valence-electron chi connectivity index (χ3n) is 2.76. The Kier molecular flexibility index (Phi) is 5.92. The topological polar surface area (TPSA) is 78.5 Å². The maximum absolute atomic E-state index is 11.8. The van der Waals surface area contributed by atoms with Gasteiger partial charge in [-0.2, -0.15) is 0 Å². The van der Waals surface area contributed by atoms with Crippen LogP contribution in [0.1, 0.15) is 6.42 Å². The van der Waals surface area contributed by atoms with E-state index in [1.54, 1.807) is 12.1 Å². The molecule has 0 unspecified atom stereocenters. The molecular formula is C13H12BrN3O3S2. The first-order valence-corrected chi connectivity index (χ1v) is 8.48. The van der Waals surface area contributed by atoms with Gasteiger partial charge in [-0.25, -0.2) is 0 Å². The molecule has 9 heteroatoms. The summed E-state index contributed by atoms with van der Waals surface area (Å²) in [7, 11) is 0. The van der Waals surface area contributed by atoms with Crippen LogP contribution >= 0.6 is 39.9 Å². The molecule has 1 aliphatic rings. The molecule has 116 valence electrons. The zero-order valence-corrected chi connectivity index (χ0v) is 14.5. The SMILES string of the molecule is O=C(CCN1C(=O)CSC1=O)NC(=S)Nc1ccc(Br)cc1. The number of nitrogens with one attached hydrogen (secondary N) is 2. The number of imide groups is 1. The van der Waals surface area contributed by atoms with Crippen molar-refractivity contribution in [2.75, 3.05) is 17.6 Å². The number of halogens is 1. The third-order valence-corrected chi connectivity index (χ3v) is 4.35. The zero-order valence-electron chi connectivity index (χ0n) is 11.3. The van der Waals surface area contributed by atoms with E-state index in [1.807, 2.05) is 12.1 Å². The van der Waals surface area contributed by atoms with E-state index in [0.29, 0.717) is 0 Å². The largest absolute Gasteiger partial charge is 0.332 e. The van der Waals surface area contributed by atoms with E-state index in [-0.39, 0.29) is 40.9 Å². The number of hydrogen-bond donors (Lipinski definition) is 2. The van der Waals surface area contributed by atoms with Crippen molar-refractivity contribution in [1.29, 1.82) is 0 Å². The quantitative estimate of drug-likeness (QED) is 0.753. The minimum absolute atomic E-state index is 0.0141. The molecule has 0 radical (unpaired) electrons. The van der Waals surface area contributed by atoms with Gasteiger partial charge in [0.15, 0.2) is 5.11 Å². The molecule has 22 heavy (non-hydrogen) atoms. The molecule has 0 aromatic heterocycles. The highest BCUT2D eigenvalue weighted by atomic mass is 79.9. The number of nitrogens with zero attached hydrogens (tertiary/aromatic N) is 1. The lowest BCUT2D eigenvalue weighted by molar-refractivity contribution is -0.125. The van der Waals surface area contributed by atoms with Gasteiger partial charge >= 0.3 is 0 Å². The van der Waals surface area contributed by atoms with Gasteiger partial charge in [-0.3, -0.25) is 19.3 Å². The van der Waals surface area contributed by atoms with Crippen molar-refractivity contribution in [2.45, 2.75) is 6.42 Å². The molecule has 2 rings (SSSR count). The highest BCUT2D eigenvalue weighted by Gasteiger charge is 2.29. The van der Waals surface area contributed by atoms with E-state index in [0.717, 1.165) is 26.8 Å². The Hall–Kier alpha value is -1.45. The van der Waals surface area contributed by atoms with Crippen LogP contribution < -0.4 is 10.6 Å². The molecule has 0 atom stereocenters. The molecule has 0 bridgehead atoms. The molecule has 0 saturated carbocycles. The van der Waals surface area contributed by atoms with Crippen LogP contribution in [-0.4, -0.2) is 39.4 Å². The van der Waals surface area contributed by atoms with Crippen molar-refractivity contribution in [1.82, 2.24) is 10.2 Å². The van der Waals surface area contributed by atoms with E-state index in [1.165, 1.54) is 0 Å². The van der Waals surface area contributed by atoms with E-state index in [4.69, 9.17) is 12.2 Å². The number of anilines is 1. The molecule has 1 aliphatic heterocycles. The van der Waals surface area contributed by atoms with E-state index in [2.05, 4.69) is 26.6 Å². The Labute approximate surface area is 145 Å². The van der Waals surface area contributed by atoms with Gasteiger partial charge in [0, 0.05) is 23.1 Å². The Balaban J connectivity index is 1.76. The van der Waals surface area contributed by atoms with Crippen LogP contribution in [0.5, 0.6) is 0 Å². The fourth-order valence-corrected chi connectivity index (χ4v) is 2.94. The highest BCUT2D eigenvalue weighted by molar-refractivity contribution is 9.10. The molecule has 0 spiro atoms. The summed E-state index contributed by atoms with van der Waals surface area (Å²) in [4.78, 5) is 35.6. The van der Waals surface area contributed by atoms with Crippen LogP contribution in [0.15, 0.2) is 28.7 Å². The zero-order chi connectivity index (χ0) is 16.1. The van der Waals surface area contributed by atoms with Crippen molar-refractivity contribution in [3.63, 3.8) is 0 Å². The third kappa shape index (κ3) is 4.79. The predicted octanol–water partition coefficient (Wildman–Crippen LogP) is 2.35. The van der Waals surface area contributed by atoms with Crippen molar-refractivity contribution in [3.05, 3.63) is 28.7 Å². The lowest BCUT2D eigenvalue weighted by atomic mass is 10.3. The van der Waals surface area contributed by atoms with Crippen LogP contribution in [0.3, 0.4) is 0 Å². The summed E-state index contributed by atoms with van der Waals surface area (Å²) in [6.45, 7) is 0.0669. The normalized spacial score (nSPS) is 14.1. The average Bonchev–Trinajstić information content (AvgIpc) is 2.78. The fraction of sp³-hybridized carbons (Fsp3) is 0.231. The van der Waals surface area contributed by atoms with E-state index >= 15 is 0 Å². The summed E-state index contributed by atoms with van der Waals surface area (Å²) >= 11 is 9.30. The summed E-state index contributed by atoms with van der Waals surface area (Å²) in [5.74, 6) is -0.477. The first kappa shape index (κ1) is 16.9. The molecule has 6 nitrogen and oxygen atoms in total. The minimum Gasteiger partial charge on any atom is -0.332 e. The number of carbonyl (C=O) groups is 3. The summed E-state index contributed by atoms with van der Waals surface area (Å²) < 4.78 is 0.936. The molecule has 1 saturated heterocycles. The minimum atomic E-state index is -0.355. The number of rotatable bonds is 4. The molecule has 1 heterocycles. The number of carbonyl (C=O) groups excluding carboxylic acids is 3. The molecular weight excluding hydrogens is 390 g/mol. The lowest BCUT2D eigenvalue weighted by Crippen LogP contribution is -2.37. The fourth-order valence-electron chi connectivity index (χ4n) is 1.70. The number of hydrogen-bond acceptors (Lipinski definition) is 5. The van der Waals surface area contributed by atoms with Gasteiger partial charge < -0.3 is 10.6 Å². The highest BCUT2D eigenvalue weighted by Crippen LogP contribution is 2.18. The second kappa shape index (κ2) is 7.70.